The van der Waals surface area contributed by atoms with Crippen molar-refractivity contribution in [2.75, 3.05) is 5.75 Å². The van der Waals surface area contributed by atoms with E-state index in [-0.39, 0.29) is 6.04 Å². The molecular weight excluding hydrogens is 322 g/mol. The average Bonchev–Trinajstić information content (AvgIpc) is 2.38. The van der Waals surface area contributed by atoms with Crippen LogP contribution in [0.2, 0.25) is 0 Å². The van der Waals surface area contributed by atoms with Crippen LogP contribution in [0.15, 0.2) is 57.9 Å². The van der Waals surface area contributed by atoms with Crippen molar-refractivity contribution in [1.82, 2.24) is 0 Å². The van der Waals surface area contributed by atoms with Gasteiger partial charge in [-0.1, -0.05) is 24.3 Å². The van der Waals surface area contributed by atoms with Gasteiger partial charge in [0.1, 0.15) is 5.75 Å². The SMILES string of the molecule is NC(CSc1ccccc1Br)Cc1cccc(O)c1. The number of rotatable bonds is 5. The van der Waals surface area contributed by atoms with Gasteiger partial charge >= 0.3 is 0 Å². The lowest BCUT2D eigenvalue weighted by atomic mass is 10.1. The summed E-state index contributed by atoms with van der Waals surface area (Å²) in [7, 11) is 0. The van der Waals surface area contributed by atoms with Crippen LogP contribution in [-0.2, 0) is 6.42 Å². The number of benzene rings is 2. The summed E-state index contributed by atoms with van der Waals surface area (Å²) >= 11 is 5.27. The van der Waals surface area contributed by atoms with Gasteiger partial charge in [-0.25, -0.2) is 0 Å². The first kappa shape index (κ1) is 14.4. The van der Waals surface area contributed by atoms with Gasteiger partial charge in [0, 0.05) is 21.2 Å². The number of aromatic hydroxyl groups is 1. The van der Waals surface area contributed by atoms with Gasteiger partial charge in [0.15, 0.2) is 0 Å². The molecule has 0 radical (unpaired) electrons. The maximum atomic E-state index is 9.42. The predicted molar refractivity (Wildman–Crippen MR) is 84.7 cm³/mol. The molecule has 1 atom stereocenters. The number of phenolic OH excluding ortho intramolecular Hbond substituents is 1. The highest BCUT2D eigenvalue weighted by atomic mass is 79.9. The van der Waals surface area contributed by atoms with E-state index in [0.717, 1.165) is 22.2 Å². The predicted octanol–water partition coefficient (Wildman–Crippen LogP) is 3.82. The molecule has 0 amide bonds. The lowest BCUT2D eigenvalue weighted by molar-refractivity contribution is 0.474. The van der Waals surface area contributed by atoms with Crippen LogP contribution in [0.4, 0.5) is 0 Å². The first-order chi connectivity index (χ1) is 9.15. The van der Waals surface area contributed by atoms with Crippen molar-refractivity contribution in [3.8, 4) is 5.75 Å². The number of phenols is 1. The van der Waals surface area contributed by atoms with Gasteiger partial charge in [0.25, 0.3) is 0 Å². The summed E-state index contributed by atoms with van der Waals surface area (Å²) in [6, 6.07) is 15.5. The molecule has 100 valence electrons. The molecule has 4 heteroatoms. The second-order valence-electron chi connectivity index (χ2n) is 4.38. The van der Waals surface area contributed by atoms with Gasteiger partial charge in [0.05, 0.1) is 0 Å². The van der Waals surface area contributed by atoms with E-state index in [1.54, 1.807) is 23.9 Å². The number of hydrogen-bond donors (Lipinski definition) is 2. The van der Waals surface area contributed by atoms with Crippen LogP contribution in [0, 0.1) is 0 Å². The van der Waals surface area contributed by atoms with Gasteiger partial charge in [-0.05, 0) is 52.2 Å². The van der Waals surface area contributed by atoms with Crippen molar-refractivity contribution >= 4 is 27.7 Å². The maximum Gasteiger partial charge on any atom is 0.115 e. The lowest BCUT2D eigenvalue weighted by Gasteiger charge is -2.12. The fourth-order valence-electron chi connectivity index (χ4n) is 1.80. The van der Waals surface area contributed by atoms with Crippen molar-refractivity contribution in [2.24, 2.45) is 5.73 Å². The van der Waals surface area contributed by atoms with Gasteiger partial charge in [0.2, 0.25) is 0 Å². The van der Waals surface area contributed by atoms with E-state index in [2.05, 4.69) is 22.0 Å². The van der Waals surface area contributed by atoms with E-state index in [0.29, 0.717) is 5.75 Å². The fraction of sp³-hybridized carbons (Fsp3) is 0.200. The van der Waals surface area contributed by atoms with Crippen LogP contribution >= 0.6 is 27.7 Å². The Bertz CT molecular complexity index is 547. The van der Waals surface area contributed by atoms with E-state index < -0.39 is 0 Å². The molecule has 0 bridgehead atoms. The summed E-state index contributed by atoms with van der Waals surface area (Å²) in [5, 5.41) is 9.42. The van der Waals surface area contributed by atoms with Gasteiger partial charge in [-0.3, -0.25) is 0 Å². The van der Waals surface area contributed by atoms with E-state index >= 15 is 0 Å². The highest BCUT2D eigenvalue weighted by molar-refractivity contribution is 9.10. The summed E-state index contributed by atoms with van der Waals surface area (Å²) in [4.78, 5) is 1.20. The second-order valence-corrected chi connectivity index (χ2v) is 6.29. The largest absolute Gasteiger partial charge is 0.508 e. The Kier molecular flexibility index (Phi) is 5.31. The molecule has 1 unspecified atom stereocenters. The van der Waals surface area contributed by atoms with Crippen molar-refractivity contribution in [2.45, 2.75) is 17.4 Å². The number of hydrogen-bond acceptors (Lipinski definition) is 3. The molecule has 0 heterocycles. The second kappa shape index (κ2) is 6.98. The van der Waals surface area contributed by atoms with Crippen LogP contribution in [0.25, 0.3) is 0 Å². The van der Waals surface area contributed by atoms with Crippen molar-refractivity contribution < 1.29 is 5.11 Å². The molecule has 0 saturated heterocycles. The van der Waals surface area contributed by atoms with E-state index in [4.69, 9.17) is 5.73 Å². The summed E-state index contributed by atoms with van der Waals surface area (Å²) in [5.74, 6) is 1.14. The quantitative estimate of drug-likeness (QED) is 0.815. The van der Waals surface area contributed by atoms with Gasteiger partial charge in [-0.2, -0.15) is 0 Å². The molecule has 0 aliphatic heterocycles. The Morgan fingerprint density at radius 2 is 1.95 bits per heavy atom. The molecule has 3 N–H and O–H groups in total. The third kappa shape index (κ3) is 4.56. The van der Waals surface area contributed by atoms with Crippen molar-refractivity contribution in [3.63, 3.8) is 0 Å². The molecule has 0 saturated carbocycles. The Balaban J connectivity index is 1.88. The van der Waals surface area contributed by atoms with Crippen LogP contribution in [-0.4, -0.2) is 16.9 Å². The summed E-state index contributed by atoms with van der Waals surface area (Å²) in [6.45, 7) is 0. The van der Waals surface area contributed by atoms with Crippen LogP contribution in [0.1, 0.15) is 5.56 Å². The van der Waals surface area contributed by atoms with Crippen molar-refractivity contribution in [3.05, 3.63) is 58.6 Å². The first-order valence-electron chi connectivity index (χ1n) is 6.06. The Morgan fingerprint density at radius 3 is 2.68 bits per heavy atom. The number of thioether (sulfide) groups is 1. The Hall–Kier alpha value is -0.970. The molecular formula is C15H16BrNOS. The standard InChI is InChI=1S/C15H16BrNOS/c16-14-6-1-2-7-15(14)19-10-12(17)8-11-4-3-5-13(18)9-11/h1-7,9,12,18H,8,10,17H2. The minimum absolute atomic E-state index is 0.0684. The zero-order chi connectivity index (χ0) is 13.7. The monoisotopic (exact) mass is 337 g/mol. The number of halogens is 1. The molecule has 19 heavy (non-hydrogen) atoms. The van der Waals surface area contributed by atoms with Crippen LogP contribution in [0.3, 0.4) is 0 Å². The van der Waals surface area contributed by atoms with E-state index in [1.165, 1.54) is 4.90 Å². The zero-order valence-electron chi connectivity index (χ0n) is 10.4. The van der Waals surface area contributed by atoms with Crippen molar-refractivity contribution in [1.29, 1.82) is 0 Å². The topological polar surface area (TPSA) is 46.2 Å². The molecule has 0 aliphatic carbocycles. The van der Waals surface area contributed by atoms with Crippen LogP contribution in [0.5, 0.6) is 5.75 Å². The summed E-state index contributed by atoms with van der Waals surface area (Å²) in [5.41, 5.74) is 7.21. The van der Waals surface area contributed by atoms with Crippen LogP contribution < -0.4 is 5.73 Å². The fourth-order valence-corrected chi connectivity index (χ4v) is 3.32. The molecule has 2 nitrogen and oxygen atoms in total. The average molecular weight is 338 g/mol. The molecule has 0 spiro atoms. The molecule has 2 aromatic carbocycles. The summed E-state index contributed by atoms with van der Waals surface area (Å²) < 4.78 is 1.10. The van der Waals surface area contributed by atoms with Gasteiger partial charge in [-0.15, -0.1) is 11.8 Å². The molecule has 0 fully saturated rings. The normalized spacial score (nSPS) is 12.3. The maximum absolute atomic E-state index is 9.42. The first-order valence-corrected chi connectivity index (χ1v) is 7.84. The third-order valence-electron chi connectivity index (χ3n) is 2.70. The Labute approximate surface area is 126 Å². The lowest BCUT2D eigenvalue weighted by Crippen LogP contribution is -2.25. The molecule has 2 rings (SSSR count). The van der Waals surface area contributed by atoms with E-state index in [9.17, 15) is 5.11 Å². The molecule has 2 aromatic rings. The zero-order valence-corrected chi connectivity index (χ0v) is 12.8. The number of nitrogens with two attached hydrogens (primary N) is 1. The smallest absolute Gasteiger partial charge is 0.115 e. The highest BCUT2D eigenvalue weighted by Crippen LogP contribution is 2.27. The minimum atomic E-state index is 0.0684. The highest BCUT2D eigenvalue weighted by Gasteiger charge is 2.07. The third-order valence-corrected chi connectivity index (χ3v) is 4.91. The van der Waals surface area contributed by atoms with Gasteiger partial charge < -0.3 is 10.8 Å². The Morgan fingerprint density at radius 1 is 1.16 bits per heavy atom. The summed E-state index contributed by atoms with van der Waals surface area (Å²) in [6.07, 6.45) is 0.770. The molecule has 0 aromatic heterocycles. The van der Waals surface area contributed by atoms with E-state index in [1.807, 2.05) is 30.3 Å². The molecule has 0 aliphatic rings. The minimum Gasteiger partial charge on any atom is -0.508 e.